The van der Waals surface area contributed by atoms with Crippen molar-refractivity contribution in [2.45, 2.75) is 26.3 Å². The molecule has 0 aromatic heterocycles. The van der Waals surface area contributed by atoms with Gasteiger partial charge in [-0.3, -0.25) is 9.10 Å². The van der Waals surface area contributed by atoms with E-state index in [0.717, 1.165) is 30.5 Å². The van der Waals surface area contributed by atoms with Crippen LogP contribution in [0.25, 0.3) is 11.1 Å². The summed E-state index contributed by atoms with van der Waals surface area (Å²) in [5.41, 5.74) is 2.90. The molecule has 182 valence electrons. The second-order valence-corrected chi connectivity index (χ2v) is 10.9. The molecule has 0 saturated heterocycles. The molecule has 1 N–H and O–H groups in total. The summed E-state index contributed by atoms with van der Waals surface area (Å²) in [7, 11) is -3.55. The van der Waals surface area contributed by atoms with Crippen LogP contribution in [0.4, 0.5) is 14.5 Å². The summed E-state index contributed by atoms with van der Waals surface area (Å²) in [6.07, 6.45) is 1.96. The van der Waals surface area contributed by atoms with Gasteiger partial charge in [-0.05, 0) is 73.2 Å². The van der Waals surface area contributed by atoms with E-state index in [1.165, 1.54) is 10.4 Å². The van der Waals surface area contributed by atoms with Gasteiger partial charge < -0.3 is 10.1 Å². The standard InChI is InChI=1S/C26H24F2N2O4S/c1-2-35(32,33)30(15-16-6-7-16)18-9-11-24(34-25-10-8-17(27)12-23(25)28)21(13-18)19-4-3-5-20-22(19)14-29-26(20)31/h3-5,8-13,16H,2,6-7,14-15H2,1H3,(H,29,31). The van der Waals surface area contributed by atoms with Crippen LogP contribution in [0.15, 0.2) is 54.6 Å². The molecule has 2 aliphatic rings. The Morgan fingerprint density at radius 1 is 1.00 bits per heavy atom. The molecule has 0 spiro atoms. The predicted octanol–water partition coefficient (Wildman–Crippen LogP) is 5.23. The van der Waals surface area contributed by atoms with Crippen LogP contribution >= 0.6 is 0 Å². The zero-order chi connectivity index (χ0) is 24.7. The lowest BCUT2D eigenvalue weighted by atomic mass is 9.95. The van der Waals surface area contributed by atoms with E-state index in [0.29, 0.717) is 41.4 Å². The van der Waals surface area contributed by atoms with Crippen molar-refractivity contribution in [1.29, 1.82) is 0 Å². The van der Waals surface area contributed by atoms with E-state index in [4.69, 9.17) is 4.74 Å². The molecule has 1 aliphatic carbocycles. The monoisotopic (exact) mass is 498 g/mol. The van der Waals surface area contributed by atoms with Gasteiger partial charge in [-0.25, -0.2) is 17.2 Å². The lowest BCUT2D eigenvalue weighted by molar-refractivity contribution is 0.0965. The smallest absolute Gasteiger partial charge is 0.251 e. The molecule has 0 unspecified atom stereocenters. The van der Waals surface area contributed by atoms with E-state index in [-0.39, 0.29) is 23.2 Å². The number of rotatable bonds is 8. The van der Waals surface area contributed by atoms with Gasteiger partial charge in [0, 0.05) is 30.3 Å². The van der Waals surface area contributed by atoms with Gasteiger partial charge in [0.2, 0.25) is 10.0 Å². The minimum Gasteiger partial charge on any atom is -0.454 e. The number of fused-ring (bicyclic) bond motifs is 1. The zero-order valence-corrected chi connectivity index (χ0v) is 19.9. The zero-order valence-electron chi connectivity index (χ0n) is 19.1. The minimum atomic E-state index is -3.55. The maximum absolute atomic E-state index is 14.4. The van der Waals surface area contributed by atoms with E-state index in [1.54, 1.807) is 37.3 Å². The van der Waals surface area contributed by atoms with E-state index in [2.05, 4.69) is 5.32 Å². The number of halogens is 2. The first kappa shape index (κ1) is 23.3. The quantitative estimate of drug-likeness (QED) is 0.461. The number of hydrogen-bond donors (Lipinski definition) is 1. The molecule has 0 radical (unpaired) electrons. The van der Waals surface area contributed by atoms with Crippen molar-refractivity contribution in [1.82, 2.24) is 5.32 Å². The van der Waals surface area contributed by atoms with Crippen LogP contribution in [0.1, 0.15) is 35.7 Å². The highest BCUT2D eigenvalue weighted by Crippen LogP contribution is 2.41. The van der Waals surface area contributed by atoms with Gasteiger partial charge in [0.1, 0.15) is 11.6 Å². The van der Waals surface area contributed by atoms with E-state index < -0.39 is 21.7 Å². The molecule has 0 bridgehead atoms. The van der Waals surface area contributed by atoms with Crippen LogP contribution in [0.3, 0.4) is 0 Å². The van der Waals surface area contributed by atoms with Crippen molar-refractivity contribution in [2.24, 2.45) is 5.92 Å². The van der Waals surface area contributed by atoms with Crippen molar-refractivity contribution in [3.05, 3.63) is 77.4 Å². The van der Waals surface area contributed by atoms with Crippen LogP contribution in [0.5, 0.6) is 11.5 Å². The molecule has 1 fully saturated rings. The van der Waals surface area contributed by atoms with Crippen LogP contribution in [-0.4, -0.2) is 26.6 Å². The molecule has 6 nitrogen and oxygen atoms in total. The molecule has 5 rings (SSSR count). The molecule has 1 saturated carbocycles. The fraction of sp³-hybridized carbons (Fsp3) is 0.269. The number of carbonyl (C=O) groups excluding carboxylic acids is 1. The molecule has 0 atom stereocenters. The summed E-state index contributed by atoms with van der Waals surface area (Å²) >= 11 is 0. The number of sulfonamides is 1. The maximum atomic E-state index is 14.4. The Hall–Kier alpha value is -3.46. The molecule has 9 heteroatoms. The molecule has 1 aliphatic heterocycles. The predicted molar refractivity (Wildman–Crippen MR) is 129 cm³/mol. The molecule has 3 aromatic carbocycles. The van der Waals surface area contributed by atoms with Gasteiger partial charge in [0.25, 0.3) is 5.91 Å². The van der Waals surface area contributed by atoms with Crippen molar-refractivity contribution in [3.8, 4) is 22.6 Å². The van der Waals surface area contributed by atoms with Crippen molar-refractivity contribution in [3.63, 3.8) is 0 Å². The van der Waals surface area contributed by atoms with Gasteiger partial charge in [-0.15, -0.1) is 0 Å². The molecule has 1 amide bonds. The van der Waals surface area contributed by atoms with Gasteiger partial charge >= 0.3 is 0 Å². The normalized spacial score (nSPS) is 15.0. The number of anilines is 1. The Kier molecular flexibility index (Phi) is 5.96. The first-order chi connectivity index (χ1) is 16.8. The largest absolute Gasteiger partial charge is 0.454 e. The molecule has 35 heavy (non-hydrogen) atoms. The van der Waals surface area contributed by atoms with E-state index in [1.807, 2.05) is 6.07 Å². The highest BCUT2D eigenvalue weighted by Gasteiger charge is 2.31. The van der Waals surface area contributed by atoms with Crippen molar-refractivity contribution < 1.29 is 26.7 Å². The van der Waals surface area contributed by atoms with Gasteiger partial charge in [-0.2, -0.15) is 0 Å². The topological polar surface area (TPSA) is 75.7 Å². The number of ether oxygens (including phenoxy) is 1. The third-order valence-electron chi connectivity index (χ3n) is 6.32. The number of benzene rings is 3. The summed E-state index contributed by atoms with van der Waals surface area (Å²) < 4.78 is 61.0. The summed E-state index contributed by atoms with van der Waals surface area (Å²) in [5.74, 6) is -1.44. The number of carbonyl (C=O) groups is 1. The van der Waals surface area contributed by atoms with Crippen LogP contribution in [-0.2, 0) is 16.6 Å². The molecule has 3 aromatic rings. The number of amides is 1. The van der Waals surface area contributed by atoms with Gasteiger partial charge in [0.05, 0.1) is 11.4 Å². The van der Waals surface area contributed by atoms with Gasteiger partial charge in [0.15, 0.2) is 11.6 Å². The second-order valence-electron chi connectivity index (χ2n) is 8.75. The number of nitrogens with one attached hydrogen (secondary N) is 1. The first-order valence-corrected chi connectivity index (χ1v) is 13.1. The fourth-order valence-electron chi connectivity index (χ4n) is 4.23. The fourth-order valence-corrected chi connectivity index (χ4v) is 5.41. The first-order valence-electron chi connectivity index (χ1n) is 11.4. The summed E-state index contributed by atoms with van der Waals surface area (Å²) in [5, 5.41) is 2.80. The Labute approximate surface area is 202 Å². The summed E-state index contributed by atoms with van der Waals surface area (Å²) in [6.45, 7) is 2.29. The molecule has 1 heterocycles. The van der Waals surface area contributed by atoms with Crippen LogP contribution < -0.4 is 14.4 Å². The van der Waals surface area contributed by atoms with Crippen LogP contribution in [0, 0.1) is 17.6 Å². The average Bonchev–Trinajstić information content (AvgIpc) is 3.59. The molecular formula is C26H24F2N2O4S. The lowest BCUT2D eigenvalue weighted by Crippen LogP contribution is -2.34. The lowest BCUT2D eigenvalue weighted by Gasteiger charge is -2.25. The van der Waals surface area contributed by atoms with E-state index >= 15 is 0 Å². The van der Waals surface area contributed by atoms with Crippen molar-refractivity contribution in [2.75, 3.05) is 16.6 Å². The van der Waals surface area contributed by atoms with Crippen molar-refractivity contribution >= 4 is 21.6 Å². The number of hydrogen-bond acceptors (Lipinski definition) is 4. The molecular weight excluding hydrogens is 474 g/mol. The SMILES string of the molecule is CCS(=O)(=O)N(CC1CC1)c1ccc(Oc2ccc(F)cc2F)c(-c2cccc3c2CNC3=O)c1. The highest BCUT2D eigenvalue weighted by atomic mass is 32.2. The van der Waals surface area contributed by atoms with Crippen LogP contribution in [0.2, 0.25) is 0 Å². The maximum Gasteiger partial charge on any atom is 0.251 e. The Bertz CT molecular complexity index is 1420. The number of nitrogens with zero attached hydrogens (tertiary/aromatic N) is 1. The second kappa shape index (κ2) is 8.96. The Morgan fingerprint density at radius 2 is 1.74 bits per heavy atom. The van der Waals surface area contributed by atoms with Gasteiger partial charge in [-0.1, -0.05) is 12.1 Å². The summed E-state index contributed by atoms with van der Waals surface area (Å²) in [6, 6.07) is 13.2. The third-order valence-corrected chi connectivity index (χ3v) is 8.08. The van der Waals surface area contributed by atoms with E-state index in [9.17, 15) is 22.0 Å². The average molecular weight is 499 g/mol. The Morgan fingerprint density at radius 3 is 2.46 bits per heavy atom. The minimum absolute atomic E-state index is 0.0484. The highest BCUT2D eigenvalue weighted by molar-refractivity contribution is 7.92. The summed E-state index contributed by atoms with van der Waals surface area (Å²) in [4.78, 5) is 12.3. The Balaban J connectivity index is 1.66. The third kappa shape index (κ3) is 4.60.